The molecule has 0 amide bonds. The van der Waals surface area contributed by atoms with Gasteiger partial charge >= 0.3 is 0 Å². The molecule has 0 spiro atoms. The summed E-state index contributed by atoms with van der Waals surface area (Å²) in [7, 11) is 0. The van der Waals surface area contributed by atoms with Crippen LogP contribution in [0.3, 0.4) is 0 Å². The number of rotatable bonds is 3. The number of aliphatic hydroxyl groups excluding tert-OH is 1. The van der Waals surface area contributed by atoms with Crippen molar-refractivity contribution < 1.29 is 5.11 Å². The van der Waals surface area contributed by atoms with Crippen LogP contribution in [0.1, 0.15) is 64.2 Å². The van der Waals surface area contributed by atoms with Crippen LogP contribution in [-0.4, -0.2) is 11.2 Å². The van der Waals surface area contributed by atoms with Crippen LogP contribution in [0.4, 0.5) is 0 Å². The Morgan fingerprint density at radius 1 is 0.833 bits per heavy atom. The lowest BCUT2D eigenvalue weighted by atomic mass is 9.50. The predicted octanol–water partition coefficient (Wildman–Crippen LogP) is 4.00. The zero-order valence-electron chi connectivity index (χ0n) is 11.6. The summed E-state index contributed by atoms with van der Waals surface area (Å²) in [5, 5.41) is 10.7. The SMILES string of the molecule is OC(CC1CCCC1)C1C2CC3CC(C2)CC1C3. The van der Waals surface area contributed by atoms with Gasteiger partial charge in [0.15, 0.2) is 0 Å². The quantitative estimate of drug-likeness (QED) is 0.800. The van der Waals surface area contributed by atoms with Gasteiger partial charge in [-0.1, -0.05) is 25.7 Å². The molecule has 5 fully saturated rings. The molecule has 0 saturated heterocycles. The normalized spacial score (nSPS) is 48.8. The molecule has 5 rings (SSSR count). The largest absolute Gasteiger partial charge is 0.393 e. The van der Waals surface area contributed by atoms with Gasteiger partial charge in [-0.05, 0) is 74.0 Å². The second-order valence-electron chi connectivity index (χ2n) is 7.96. The molecule has 0 aliphatic heterocycles. The molecule has 0 radical (unpaired) electrons. The van der Waals surface area contributed by atoms with Gasteiger partial charge in [0.05, 0.1) is 6.10 Å². The van der Waals surface area contributed by atoms with Crippen molar-refractivity contribution in [1.82, 2.24) is 0 Å². The van der Waals surface area contributed by atoms with E-state index in [2.05, 4.69) is 0 Å². The van der Waals surface area contributed by atoms with Crippen molar-refractivity contribution in [2.45, 2.75) is 70.3 Å². The molecule has 4 bridgehead atoms. The molecule has 0 aromatic rings. The second-order valence-corrected chi connectivity index (χ2v) is 7.96. The Kier molecular flexibility index (Phi) is 2.94. The summed E-state index contributed by atoms with van der Waals surface area (Å²) in [6.07, 6.45) is 14.2. The molecule has 5 aliphatic rings. The van der Waals surface area contributed by atoms with Crippen molar-refractivity contribution in [2.75, 3.05) is 0 Å². The van der Waals surface area contributed by atoms with Gasteiger partial charge < -0.3 is 5.11 Å². The van der Waals surface area contributed by atoms with E-state index < -0.39 is 0 Å². The van der Waals surface area contributed by atoms with E-state index in [4.69, 9.17) is 0 Å². The Hall–Kier alpha value is -0.0400. The van der Waals surface area contributed by atoms with E-state index >= 15 is 0 Å². The maximum Gasteiger partial charge on any atom is 0.0576 e. The minimum absolute atomic E-state index is 0.0445. The molecular formula is C17H28O. The Balaban J connectivity index is 1.44. The van der Waals surface area contributed by atoms with E-state index in [-0.39, 0.29) is 6.10 Å². The maximum absolute atomic E-state index is 10.7. The van der Waals surface area contributed by atoms with E-state index in [1.807, 2.05) is 0 Å². The van der Waals surface area contributed by atoms with Crippen LogP contribution in [-0.2, 0) is 0 Å². The molecular weight excluding hydrogens is 220 g/mol. The molecule has 0 aromatic carbocycles. The summed E-state index contributed by atoms with van der Waals surface area (Å²) >= 11 is 0. The van der Waals surface area contributed by atoms with Crippen LogP contribution >= 0.6 is 0 Å². The Labute approximate surface area is 111 Å². The fourth-order valence-electron chi connectivity index (χ4n) is 6.34. The van der Waals surface area contributed by atoms with E-state index in [0.717, 1.165) is 36.0 Å². The van der Waals surface area contributed by atoms with Gasteiger partial charge in [-0.3, -0.25) is 0 Å². The van der Waals surface area contributed by atoms with Crippen molar-refractivity contribution >= 4 is 0 Å². The molecule has 1 nitrogen and oxygen atoms in total. The third-order valence-corrected chi connectivity index (χ3v) is 6.79. The van der Waals surface area contributed by atoms with Gasteiger partial charge in [-0.2, -0.15) is 0 Å². The van der Waals surface area contributed by atoms with Crippen LogP contribution in [0, 0.1) is 35.5 Å². The molecule has 1 unspecified atom stereocenters. The first-order chi connectivity index (χ1) is 8.79. The van der Waals surface area contributed by atoms with Crippen LogP contribution in [0.5, 0.6) is 0 Å². The van der Waals surface area contributed by atoms with E-state index in [1.54, 1.807) is 0 Å². The smallest absolute Gasteiger partial charge is 0.0576 e. The maximum atomic E-state index is 10.7. The second kappa shape index (κ2) is 4.51. The van der Waals surface area contributed by atoms with Gasteiger partial charge in [0, 0.05) is 0 Å². The van der Waals surface area contributed by atoms with Crippen molar-refractivity contribution in [3.05, 3.63) is 0 Å². The number of hydrogen-bond acceptors (Lipinski definition) is 1. The zero-order valence-corrected chi connectivity index (χ0v) is 11.6. The first kappa shape index (κ1) is 11.8. The monoisotopic (exact) mass is 248 g/mol. The van der Waals surface area contributed by atoms with Crippen molar-refractivity contribution in [1.29, 1.82) is 0 Å². The topological polar surface area (TPSA) is 20.2 Å². The molecule has 5 saturated carbocycles. The van der Waals surface area contributed by atoms with Crippen LogP contribution in [0.25, 0.3) is 0 Å². The minimum Gasteiger partial charge on any atom is -0.393 e. The van der Waals surface area contributed by atoms with E-state index in [1.165, 1.54) is 57.8 Å². The third-order valence-electron chi connectivity index (χ3n) is 6.79. The van der Waals surface area contributed by atoms with Crippen molar-refractivity contribution in [3.63, 3.8) is 0 Å². The van der Waals surface area contributed by atoms with Gasteiger partial charge in [-0.25, -0.2) is 0 Å². The molecule has 0 aromatic heterocycles. The van der Waals surface area contributed by atoms with Crippen LogP contribution in [0.2, 0.25) is 0 Å². The number of aliphatic hydroxyl groups is 1. The number of hydrogen-bond donors (Lipinski definition) is 1. The van der Waals surface area contributed by atoms with E-state index in [9.17, 15) is 5.11 Å². The fourth-order valence-corrected chi connectivity index (χ4v) is 6.34. The van der Waals surface area contributed by atoms with Gasteiger partial charge in [0.2, 0.25) is 0 Å². The standard InChI is InChI=1S/C17H28O/c18-16(10-11-3-1-2-4-11)17-14-6-12-5-13(8-14)9-15(17)7-12/h11-18H,1-10H2. The molecule has 18 heavy (non-hydrogen) atoms. The van der Waals surface area contributed by atoms with Crippen LogP contribution < -0.4 is 0 Å². The van der Waals surface area contributed by atoms with Gasteiger partial charge in [-0.15, -0.1) is 0 Å². The minimum atomic E-state index is 0.0445. The highest BCUT2D eigenvalue weighted by Gasteiger charge is 2.50. The summed E-state index contributed by atoms with van der Waals surface area (Å²) in [6.45, 7) is 0. The Morgan fingerprint density at radius 2 is 1.39 bits per heavy atom. The lowest BCUT2D eigenvalue weighted by Crippen LogP contribution is -2.49. The molecule has 0 heterocycles. The lowest BCUT2D eigenvalue weighted by Gasteiger charge is -2.55. The summed E-state index contributed by atoms with van der Waals surface area (Å²) < 4.78 is 0. The highest BCUT2D eigenvalue weighted by atomic mass is 16.3. The molecule has 1 N–H and O–H groups in total. The average molecular weight is 248 g/mol. The van der Waals surface area contributed by atoms with Crippen molar-refractivity contribution in [2.24, 2.45) is 35.5 Å². The van der Waals surface area contributed by atoms with E-state index in [0.29, 0.717) is 5.92 Å². The summed E-state index contributed by atoms with van der Waals surface area (Å²) in [5.41, 5.74) is 0. The first-order valence-electron chi connectivity index (χ1n) is 8.47. The Morgan fingerprint density at radius 3 is 1.94 bits per heavy atom. The lowest BCUT2D eigenvalue weighted by molar-refractivity contribution is -0.0944. The van der Waals surface area contributed by atoms with Gasteiger partial charge in [0.1, 0.15) is 0 Å². The highest BCUT2D eigenvalue weighted by molar-refractivity contribution is 5.00. The predicted molar refractivity (Wildman–Crippen MR) is 73.1 cm³/mol. The first-order valence-corrected chi connectivity index (χ1v) is 8.47. The average Bonchev–Trinajstić information content (AvgIpc) is 2.80. The molecule has 1 atom stereocenters. The zero-order chi connectivity index (χ0) is 12.1. The van der Waals surface area contributed by atoms with Crippen LogP contribution in [0.15, 0.2) is 0 Å². The molecule has 5 aliphatic carbocycles. The Bertz CT molecular complexity index is 277. The molecule has 1 heteroatoms. The summed E-state index contributed by atoms with van der Waals surface area (Å²) in [6, 6.07) is 0. The summed E-state index contributed by atoms with van der Waals surface area (Å²) in [4.78, 5) is 0. The molecule has 102 valence electrons. The van der Waals surface area contributed by atoms with Crippen molar-refractivity contribution in [3.8, 4) is 0 Å². The highest BCUT2D eigenvalue weighted by Crippen LogP contribution is 2.57. The third kappa shape index (κ3) is 1.94. The summed E-state index contributed by atoms with van der Waals surface area (Å²) in [5.74, 6) is 5.44. The fraction of sp³-hybridized carbons (Fsp3) is 1.00. The van der Waals surface area contributed by atoms with Gasteiger partial charge in [0.25, 0.3) is 0 Å².